The first-order valence-electron chi connectivity index (χ1n) is 4.60. The maximum Gasteiger partial charge on any atom is 0.147 e. The molecule has 1 saturated carbocycles. The molecule has 13 heavy (non-hydrogen) atoms. The second-order valence-corrected chi connectivity index (χ2v) is 3.33. The number of nitriles is 1. The highest BCUT2D eigenvalue weighted by molar-refractivity contribution is 5.36. The Labute approximate surface area is 77.4 Å². The summed E-state index contributed by atoms with van der Waals surface area (Å²) >= 11 is 0. The molecule has 1 aromatic heterocycles. The van der Waals surface area contributed by atoms with Crippen LogP contribution in [-0.4, -0.2) is 9.97 Å². The molecule has 0 saturated heterocycles. The van der Waals surface area contributed by atoms with E-state index in [0.717, 1.165) is 17.7 Å². The Morgan fingerprint density at radius 3 is 2.85 bits per heavy atom. The SMILES string of the molecule is CCc1c(C#N)ncnc1C1CC1. The zero-order valence-electron chi connectivity index (χ0n) is 7.62. The van der Waals surface area contributed by atoms with E-state index in [1.54, 1.807) is 0 Å². The summed E-state index contributed by atoms with van der Waals surface area (Å²) in [5.74, 6) is 0.602. The van der Waals surface area contributed by atoms with Crippen LogP contribution in [0.5, 0.6) is 0 Å². The van der Waals surface area contributed by atoms with Crippen molar-refractivity contribution in [2.24, 2.45) is 0 Å². The highest BCUT2D eigenvalue weighted by atomic mass is 14.9. The minimum Gasteiger partial charge on any atom is -0.241 e. The molecule has 0 atom stereocenters. The summed E-state index contributed by atoms with van der Waals surface area (Å²) in [5.41, 5.74) is 2.71. The molecule has 0 bridgehead atoms. The van der Waals surface area contributed by atoms with Gasteiger partial charge in [0.2, 0.25) is 0 Å². The van der Waals surface area contributed by atoms with Gasteiger partial charge in [-0.25, -0.2) is 9.97 Å². The fourth-order valence-corrected chi connectivity index (χ4v) is 1.58. The molecular formula is C10H11N3. The standard InChI is InChI=1S/C10H11N3/c1-2-8-9(5-11)12-6-13-10(8)7-3-4-7/h6-7H,2-4H2,1H3. The molecule has 0 unspecified atom stereocenters. The van der Waals surface area contributed by atoms with E-state index in [1.807, 2.05) is 6.92 Å². The van der Waals surface area contributed by atoms with Gasteiger partial charge in [0.15, 0.2) is 0 Å². The fourth-order valence-electron chi connectivity index (χ4n) is 1.58. The number of aromatic nitrogens is 2. The van der Waals surface area contributed by atoms with Crippen molar-refractivity contribution >= 4 is 0 Å². The summed E-state index contributed by atoms with van der Waals surface area (Å²) in [4.78, 5) is 8.22. The van der Waals surface area contributed by atoms with Gasteiger partial charge in [0.1, 0.15) is 18.1 Å². The zero-order chi connectivity index (χ0) is 9.26. The molecule has 0 aliphatic heterocycles. The van der Waals surface area contributed by atoms with Crippen LogP contribution in [0.4, 0.5) is 0 Å². The van der Waals surface area contributed by atoms with Crippen LogP contribution in [0.15, 0.2) is 6.33 Å². The van der Waals surface area contributed by atoms with Crippen molar-refractivity contribution in [3.8, 4) is 6.07 Å². The Bertz CT molecular complexity index is 361. The van der Waals surface area contributed by atoms with Crippen LogP contribution in [0, 0.1) is 11.3 Å². The third kappa shape index (κ3) is 1.40. The number of nitrogens with zero attached hydrogens (tertiary/aromatic N) is 3. The van der Waals surface area contributed by atoms with Crippen LogP contribution in [0.1, 0.15) is 42.6 Å². The molecule has 1 aliphatic carbocycles. The molecule has 1 fully saturated rings. The van der Waals surface area contributed by atoms with Gasteiger partial charge < -0.3 is 0 Å². The third-order valence-electron chi connectivity index (χ3n) is 2.40. The molecular weight excluding hydrogens is 162 g/mol. The monoisotopic (exact) mass is 173 g/mol. The van der Waals surface area contributed by atoms with Crippen molar-refractivity contribution in [1.29, 1.82) is 5.26 Å². The maximum atomic E-state index is 8.84. The topological polar surface area (TPSA) is 49.6 Å². The van der Waals surface area contributed by atoms with Crippen molar-refractivity contribution in [1.82, 2.24) is 9.97 Å². The minimum atomic E-state index is 0.555. The van der Waals surface area contributed by atoms with Crippen LogP contribution >= 0.6 is 0 Å². The molecule has 0 aromatic carbocycles. The first-order valence-corrected chi connectivity index (χ1v) is 4.60. The van der Waals surface area contributed by atoms with E-state index < -0.39 is 0 Å². The number of hydrogen-bond donors (Lipinski definition) is 0. The Morgan fingerprint density at radius 2 is 2.31 bits per heavy atom. The van der Waals surface area contributed by atoms with Crippen molar-refractivity contribution < 1.29 is 0 Å². The molecule has 0 amide bonds. The lowest BCUT2D eigenvalue weighted by molar-refractivity contribution is 0.910. The largest absolute Gasteiger partial charge is 0.241 e. The van der Waals surface area contributed by atoms with Crippen molar-refractivity contribution in [2.75, 3.05) is 0 Å². The lowest BCUT2D eigenvalue weighted by Crippen LogP contribution is -2.00. The molecule has 3 heteroatoms. The van der Waals surface area contributed by atoms with E-state index in [1.165, 1.54) is 19.2 Å². The molecule has 2 rings (SSSR count). The van der Waals surface area contributed by atoms with Crippen LogP contribution < -0.4 is 0 Å². The summed E-state index contributed by atoms with van der Waals surface area (Å²) < 4.78 is 0. The summed E-state index contributed by atoms with van der Waals surface area (Å²) in [6.45, 7) is 2.05. The van der Waals surface area contributed by atoms with Crippen LogP contribution in [0.2, 0.25) is 0 Å². The summed E-state index contributed by atoms with van der Waals surface area (Å²) in [6.07, 6.45) is 4.80. The summed E-state index contributed by atoms with van der Waals surface area (Å²) in [6, 6.07) is 2.12. The van der Waals surface area contributed by atoms with Gasteiger partial charge in [-0.05, 0) is 19.3 Å². The average molecular weight is 173 g/mol. The van der Waals surface area contributed by atoms with Gasteiger partial charge in [-0.1, -0.05) is 6.92 Å². The van der Waals surface area contributed by atoms with Crippen molar-refractivity contribution in [3.05, 3.63) is 23.3 Å². The van der Waals surface area contributed by atoms with E-state index >= 15 is 0 Å². The zero-order valence-corrected chi connectivity index (χ0v) is 7.62. The predicted octanol–water partition coefficient (Wildman–Crippen LogP) is 1.79. The minimum absolute atomic E-state index is 0.555. The fraction of sp³-hybridized carbons (Fsp3) is 0.500. The molecule has 0 radical (unpaired) electrons. The van der Waals surface area contributed by atoms with Crippen molar-refractivity contribution in [2.45, 2.75) is 32.1 Å². The lowest BCUT2D eigenvalue weighted by atomic mass is 10.1. The molecule has 1 aliphatic rings. The normalized spacial score (nSPS) is 15.4. The van der Waals surface area contributed by atoms with Gasteiger partial charge in [-0.2, -0.15) is 5.26 Å². The Morgan fingerprint density at radius 1 is 1.54 bits per heavy atom. The van der Waals surface area contributed by atoms with Crippen molar-refractivity contribution in [3.63, 3.8) is 0 Å². The summed E-state index contributed by atoms with van der Waals surface area (Å²) in [7, 11) is 0. The van der Waals surface area contributed by atoms with Gasteiger partial charge in [0, 0.05) is 11.5 Å². The van der Waals surface area contributed by atoms with Gasteiger partial charge in [0.05, 0.1) is 5.69 Å². The smallest absolute Gasteiger partial charge is 0.147 e. The molecule has 1 heterocycles. The predicted molar refractivity (Wildman–Crippen MR) is 48.1 cm³/mol. The quantitative estimate of drug-likeness (QED) is 0.685. The average Bonchev–Trinajstić information content (AvgIpc) is 2.99. The van der Waals surface area contributed by atoms with Gasteiger partial charge in [-0.3, -0.25) is 0 Å². The van der Waals surface area contributed by atoms with E-state index in [2.05, 4.69) is 16.0 Å². The second kappa shape index (κ2) is 3.14. The Balaban J connectivity index is 2.49. The molecule has 1 aromatic rings. The van der Waals surface area contributed by atoms with Gasteiger partial charge >= 0.3 is 0 Å². The Kier molecular flexibility index (Phi) is 1.97. The van der Waals surface area contributed by atoms with Crippen LogP contribution in [0.25, 0.3) is 0 Å². The van der Waals surface area contributed by atoms with Gasteiger partial charge in [0.25, 0.3) is 0 Å². The molecule has 0 N–H and O–H groups in total. The second-order valence-electron chi connectivity index (χ2n) is 3.33. The van der Waals surface area contributed by atoms with Crippen LogP contribution in [-0.2, 0) is 6.42 Å². The first kappa shape index (κ1) is 8.18. The maximum absolute atomic E-state index is 8.84. The molecule has 3 nitrogen and oxygen atoms in total. The number of hydrogen-bond acceptors (Lipinski definition) is 3. The van der Waals surface area contributed by atoms with E-state index in [4.69, 9.17) is 5.26 Å². The summed E-state index contributed by atoms with van der Waals surface area (Å²) in [5, 5.41) is 8.84. The lowest BCUT2D eigenvalue weighted by Gasteiger charge is -2.05. The highest BCUT2D eigenvalue weighted by Gasteiger charge is 2.28. The van der Waals surface area contributed by atoms with E-state index in [0.29, 0.717) is 11.6 Å². The van der Waals surface area contributed by atoms with E-state index in [-0.39, 0.29) is 0 Å². The first-order chi connectivity index (χ1) is 6.36. The van der Waals surface area contributed by atoms with Crippen LogP contribution in [0.3, 0.4) is 0 Å². The highest BCUT2D eigenvalue weighted by Crippen LogP contribution is 2.40. The Hall–Kier alpha value is -1.43. The molecule has 0 spiro atoms. The van der Waals surface area contributed by atoms with E-state index in [9.17, 15) is 0 Å². The third-order valence-corrected chi connectivity index (χ3v) is 2.40. The number of rotatable bonds is 2. The van der Waals surface area contributed by atoms with Gasteiger partial charge in [-0.15, -0.1) is 0 Å². The molecule has 66 valence electrons.